The molecular weight excluding hydrogens is 343 g/mol. The van der Waals surface area contributed by atoms with Crippen LogP contribution in [0.5, 0.6) is 0 Å². The number of halogens is 2. The predicted octanol–water partition coefficient (Wildman–Crippen LogP) is 1.96. The van der Waals surface area contributed by atoms with E-state index in [-0.39, 0.29) is 30.7 Å². The van der Waals surface area contributed by atoms with Crippen molar-refractivity contribution >= 4 is 42.5 Å². The molecule has 126 valence electrons. The molecule has 3 rings (SSSR count). The molecule has 8 heteroatoms. The summed E-state index contributed by atoms with van der Waals surface area (Å²) in [5.74, 6) is 1.37. The first-order valence-electron chi connectivity index (χ1n) is 7.33. The molecule has 1 N–H and O–H groups in total. The number of aryl methyl sites for hydroxylation is 1. The van der Waals surface area contributed by atoms with Crippen LogP contribution in [-0.4, -0.2) is 51.8 Å². The molecule has 0 aliphatic carbocycles. The lowest BCUT2D eigenvalue weighted by molar-refractivity contribution is -0.129. The van der Waals surface area contributed by atoms with Crippen molar-refractivity contribution in [3.8, 4) is 0 Å². The molecule has 0 spiro atoms. The van der Waals surface area contributed by atoms with E-state index in [1.54, 1.807) is 6.20 Å². The van der Waals surface area contributed by atoms with Gasteiger partial charge in [-0.05, 0) is 25.3 Å². The molecular formula is C14H24Cl2N4OS. The van der Waals surface area contributed by atoms with Crippen LogP contribution in [0, 0.1) is 5.92 Å². The van der Waals surface area contributed by atoms with Crippen LogP contribution in [0.2, 0.25) is 0 Å². The summed E-state index contributed by atoms with van der Waals surface area (Å²) in [6.07, 6.45) is 7.43. The fourth-order valence-electron chi connectivity index (χ4n) is 3.07. The molecule has 1 aromatic rings. The lowest BCUT2D eigenvalue weighted by Crippen LogP contribution is -2.42. The quantitative estimate of drug-likeness (QED) is 0.830. The summed E-state index contributed by atoms with van der Waals surface area (Å²) >= 11 is 1.53. The van der Waals surface area contributed by atoms with Gasteiger partial charge in [0, 0.05) is 38.6 Å². The molecule has 22 heavy (non-hydrogen) atoms. The third kappa shape index (κ3) is 4.78. The number of amides is 1. The van der Waals surface area contributed by atoms with Crippen molar-refractivity contribution in [1.82, 2.24) is 19.8 Å². The molecule has 5 nitrogen and oxygen atoms in total. The van der Waals surface area contributed by atoms with E-state index in [2.05, 4.69) is 15.2 Å². The predicted molar refractivity (Wildman–Crippen MR) is 94.1 cm³/mol. The minimum atomic E-state index is 0. The number of hydrogen-bond acceptors (Lipinski definition) is 4. The van der Waals surface area contributed by atoms with Crippen LogP contribution < -0.4 is 5.32 Å². The van der Waals surface area contributed by atoms with Crippen LogP contribution in [0.3, 0.4) is 0 Å². The maximum atomic E-state index is 12.4. The number of nitrogens with one attached hydrogen (secondary N) is 1. The van der Waals surface area contributed by atoms with E-state index in [4.69, 9.17) is 0 Å². The zero-order valence-corrected chi connectivity index (χ0v) is 15.2. The first-order valence-corrected chi connectivity index (χ1v) is 8.32. The number of carbonyl (C=O) groups excluding carboxylic acids is 1. The topological polar surface area (TPSA) is 50.2 Å². The van der Waals surface area contributed by atoms with Gasteiger partial charge in [-0.1, -0.05) is 18.2 Å². The van der Waals surface area contributed by atoms with Gasteiger partial charge in [-0.3, -0.25) is 4.79 Å². The Morgan fingerprint density at radius 3 is 2.95 bits per heavy atom. The standard InChI is InChI=1S/C14H22N4OS.2ClH/c1-17-6-5-15-14(17)20-10-13(19)18-8-11-3-2-4-12(9-18)16-7-11;;/h5-6,11-12,16H,2-4,7-10H2,1H3;2*1H/t11-,12-;;/m0../s1. The Hall–Kier alpha value is -0.430. The van der Waals surface area contributed by atoms with Crippen molar-refractivity contribution in [2.45, 2.75) is 30.5 Å². The molecule has 3 heterocycles. The van der Waals surface area contributed by atoms with Gasteiger partial charge < -0.3 is 14.8 Å². The Morgan fingerprint density at radius 1 is 1.41 bits per heavy atom. The average molecular weight is 367 g/mol. The van der Waals surface area contributed by atoms with Crippen molar-refractivity contribution in [3.63, 3.8) is 0 Å². The van der Waals surface area contributed by atoms with Crippen LogP contribution >= 0.6 is 36.6 Å². The molecule has 2 fully saturated rings. The second-order valence-electron chi connectivity index (χ2n) is 5.81. The first-order chi connectivity index (χ1) is 9.72. The second-order valence-corrected chi connectivity index (χ2v) is 6.75. The number of likely N-dealkylation sites (tertiary alicyclic amines) is 1. The number of hydrogen-bond donors (Lipinski definition) is 1. The molecule has 2 atom stereocenters. The minimum absolute atomic E-state index is 0. The number of thioether (sulfide) groups is 1. The zero-order valence-electron chi connectivity index (χ0n) is 12.7. The van der Waals surface area contributed by atoms with E-state index in [0.717, 1.165) is 24.8 Å². The summed E-state index contributed by atoms with van der Waals surface area (Å²) < 4.78 is 1.96. The number of carbonyl (C=O) groups is 1. The Bertz CT molecular complexity index is 471. The molecule has 2 aliphatic heterocycles. The van der Waals surface area contributed by atoms with Crippen LogP contribution in [-0.2, 0) is 11.8 Å². The molecule has 2 aliphatic rings. The van der Waals surface area contributed by atoms with Gasteiger partial charge in [0.25, 0.3) is 0 Å². The lowest BCUT2D eigenvalue weighted by atomic mass is 10.00. The maximum absolute atomic E-state index is 12.4. The number of imidazole rings is 1. The second kappa shape index (κ2) is 9.01. The Morgan fingerprint density at radius 2 is 2.23 bits per heavy atom. The fourth-order valence-corrected chi connectivity index (χ4v) is 3.90. The average Bonchev–Trinajstić information content (AvgIpc) is 2.64. The summed E-state index contributed by atoms with van der Waals surface area (Å²) in [5.41, 5.74) is 0. The van der Waals surface area contributed by atoms with E-state index in [1.807, 2.05) is 17.8 Å². The fraction of sp³-hybridized carbons (Fsp3) is 0.714. The normalized spacial score (nSPS) is 24.0. The monoisotopic (exact) mass is 366 g/mol. The number of rotatable bonds is 3. The highest BCUT2D eigenvalue weighted by Crippen LogP contribution is 2.22. The van der Waals surface area contributed by atoms with Gasteiger partial charge in [0.1, 0.15) is 0 Å². The number of aromatic nitrogens is 2. The van der Waals surface area contributed by atoms with Crippen LogP contribution in [0.15, 0.2) is 17.6 Å². The molecule has 2 saturated heterocycles. The summed E-state index contributed by atoms with van der Waals surface area (Å²) in [6.45, 7) is 2.86. The summed E-state index contributed by atoms with van der Waals surface area (Å²) in [5, 5.41) is 4.50. The Balaban J connectivity index is 0.00000121. The maximum Gasteiger partial charge on any atom is 0.233 e. The van der Waals surface area contributed by atoms with Crippen LogP contribution in [0.4, 0.5) is 0 Å². The summed E-state index contributed by atoms with van der Waals surface area (Å²) in [4.78, 5) is 18.7. The first kappa shape index (κ1) is 19.6. The molecule has 1 aromatic heterocycles. The minimum Gasteiger partial charge on any atom is -0.340 e. The van der Waals surface area contributed by atoms with E-state index >= 15 is 0 Å². The largest absolute Gasteiger partial charge is 0.340 e. The Kier molecular flexibility index (Phi) is 8.03. The number of nitrogens with zero attached hydrogens (tertiary/aromatic N) is 3. The van der Waals surface area contributed by atoms with E-state index < -0.39 is 0 Å². The smallest absolute Gasteiger partial charge is 0.233 e. The van der Waals surface area contributed by atoms with Gasteiger partial charge in [-0.2, -0.15) is 0 Å². The molecule has 0 aromatic carbocycles. The summed E-state index contributed by atoms with van der Waals surface area (Å²) in [7, 11) is 1.96. The van der Waals surface area contributed by atoms with Crippen molar-refractivity contribution in [3.05, 3.63) is 12.4 Å². The van der Waals surface area contributed by atoms with Crippen molar-refractivity contribution in [1.29, 1.82) is 0 Å². The highest BCUT2D eigenvalue weighted by molar-refractivity contribution is 7.99. The Labute approximate surface area is 148 Å². The summed E-state index contributed by atoms with van der Waals surface area (Å²) in [6, 6.07) is 0.490. The van der Waals surface area contributed by atoms with Gasteiger partial charge in [-0.25, -0.2) is 4.98 Å². The zero-order chi connectivity index (χ0) is 13.9. The molecule has 2 bridgehead atoms. The van der Waals surface area contributed by atoms with Gasteiger partial charge in [0.05, 0.1) is 5.75 Å². The van der Waals surface area contributed by atoms with Crippen molar-refractivity contribution in [2.24, 2.45) is 13.0 Å². The van der Waals surface area contributed by atoms with Gasteiger partial charge in [-0.15, -0.1) is 24.8 Å². The van der Waals surface area contributed by atoms with Gasteiger partial charge in [0.2, 0.25) is 5.91 Å². The highest BCUT2D eigenvalue weighted by atomic mass is 35.5. The SMILES string of the molecule is Cl.Cl.Cn1ccnc1SCC(=O)N1C[C@H]2CCC[C@@H](C1)NC2. The van der Waals surface area contributed by atoms with Crippen LogP contribution in [0.1, 0.15) is 19.3 Å². The molecule has 1 amide bonds. The van der Waals surface area contributed by atoms with Crippen LogP contribution in [0.25, 0.3) is 0 Å². The molecule has 0 saturated carbocycles. The van der Waals surface area contributed by atoms with E-state index in [0.29, 0.717) is 17.7 Å². The highest BCUT2D eigenvalue weighted by Gasteiger charge is 2.29. The van der Waals surface area contributed by atoms with E-state index in [9.17, 15) is 4.79 Å². The van der Waals surface area contributed by atoms with Gasteiger partial charge in [0.15, 0.2) is 5.16 Å². The van der Waals surface area contributed by atoms with Crippen molar-refractivity contribution < 1.29 is 4.79 Å². The third-order valence-electron chi connectivity index (χ3n) is 4.23. The third-order valence-corrected chi connectivity index (χ3v) is 5.28. The van der Waals surface area contributed by atoms with Gasteiger partial charge >= 0.3 is 0 Å². The van der Waals surface area contributed by atoms with Crippen molar-refractivity contribution in [2.75, 3.05) is 25.4 Å². The lowest BCUT2D eigenvalue weighted by Gasteiger charge is -2.28. The molecule has 0 unspecified atom stereocenters. The molecule has 0 radical (unpaired) electrons. The van der Waals surface area contributed by atoms with E-state index in [1.165, 1.54) is 31.0 Å². The number of fused-ring (bicyclic) bond motifs is 3.